The number of nitrogens with one attached hydrogen (secondary N) is 1. The maximum atomic E-state index is 13.1. The van der Waals surface area contributed by atoms with Crippen molar-refractivity contribution in [2.24, 2.45) is 0 Å². The number of fused-ring (bicyclic) bond motifs is 1. The molecular weight excluding hydrogens is 503 g/mol. The fourth-order valence-corrected chi connectivity index (χ4v) is 5.44. The van der Waals surface area contributed by atoms with Gasteiger partial charge in [0.2, 0.25) is 5.91 Å². The van der Waals surface area contributed by atoms with E-state index < -0.39 is 6.36 Å². The summed E-state index contributed by atoms with van der Waals surface area (Å²) in [5.74, 6) is -0.364. The van der Waals surface area contributed by atoms with Gasteiger partial charge in [0, 0.05) is 37.4 Å². The molecule has 5 nitrogen and oxygen atoms in total. The molecule has 1 aliphatic rings. The molecule has 2 atom stereocenters. The molecule has 0 unspecified atom stereocenters. The first-order chi connectivity index (χ1) is 18.6. The second-order valence-electron chi connectivity index (χ2n) is 10.0. The molecule has 0 radical (unpaired) electrons. The number of rotatable bonds is 9. The zero-order valence-electron chi connectivity index (χ0n) is 22.9. The average molecular weight is 540 g/mol. The summed E-state index contributed by atoms with van der Waals surface area (Å²) < 4.78 is 43.5. The SMILES string of the molecule is CCCN(CCC)c1cccc(-c2ccc3c(c2)[C@H](Nc2ccccc2OC(F)(F)F)C[C@H](C)N3C(C)=O)c1. The maximum Gasteiger partial charge on any atom is 0.573 e. The molecule has 8 heteroatoms. The number of nitrogens with zero attached hydrogens (tertiary/aromatic N) is 2. The molecule has 1 amide bonds. The lowest BCUT2D eigenvalue weighted by atomic mass is 9.88. The Morgan fingerprint density at radius 2 is 1.69 bits per heavy atom. The van der Waals surface area contributed by atoms with Crippen molar-refractivity contribution in [1.82, 2.24) is 0 Å². The van der Waals surface area contributed by atoms with Crippen molar-refractivity contribution in [3.8, 4) is 16.9 Å². The van der Waals surface area contributed by atoms with Gasteiger partial charge in [-0.3, -0.25) is 4.79 Å². The van der Waals surface area contributed by atoms with Gasteiger partial charge in [-0.25, -0.2) is 0 Å². The number of hydrogen-bond acceptors (Lipinski definition) is 4. The number of halogens is 3. The standard InChI is InChI=1S/C31H36F3N3O2/c1-5-16-36(17-6-2)25-11-9-10-23(19-25)24-14-15-29-26(20-24)28(18-21(3)37(29)22(4)38)35-27-12-7-8-13-30(27)39-31(32,33)34/h7-15,19-21,28,35H,5-6,16-18H2,1-4H3/t21-,28+/m0/s1. The summed E-state index contributed by atoms with van der Waals surface area (Å²) >= 11 is 0. The summed E-state index contributed by atoms with van der Waals surface area (Å²) in [6.45, 7) is 9.76. The predicted octanol–water partition coefficient (Wildman–Crippen LogP) is 8.18. The van der Waals surface area contributed by atoms with Gasteiger partial charge in [0.25, 0.3) is 0 Å². The molecule has 4 rings (SSSR count). The van der Waals surface area contributed by atoms with Gasteiger partial charge < -0.3 is 19.9 Å². The van der Waals surface area contributed by atoms with Gasteiger partial charge in [-0.05, 0) is 79.3 Å². The third kappa shape index (κ3) is 6.67. The topological polar surface area (TPSA) is 44.8 Å². The molecule has 0 saturated carbocycles. The lowest BCUT2D eigenvalue weighted by molar-refractivity contribution is -0.274. The molecule has 1 aliphatic heterocycles. The Bertz CT molecular complexity index is 1290. The van der Waals surface area contributed by atoms with E-state index in [2.05, 4.69) is 47.0 Å². The van der Waals surface area contributed by atoms with Crippen molar-refractivity contribution in [2.45, 2.75) is 65.4 Å². The second-order valence-corrected chi connectivity index (χ2v) is 10.0. The largest absolute Gasteiger partial charge is 0.573 e. The lowest BCUT2D eigenvalue weighted by Gasteiger charge is -2.40. The molecule has 3 aromatic carbocycles. The highest BCUT2D eigenvalue weighted by atomic mass is 19.4. The molecule has 0 bridgehead atoms. The van der Waals surface area contributed by atoms with Crippen LogP contribution in [0.1, 0.15) is 58.6 Å². The van der Waals surface area contributed by atoms with Crippen molar-refractivity contribution < 1.29 is 22.7 Å². The molecule has 0 aliphatic carbocycles. The number of ether oxygens (including phenoxy) is 1. The summed E-state index contributed by atoms with van der Waals surface area (Å²) in [7, 11) is 0. The van der Waals surface area contributed by atoms with E-state index in [0.717, 1.165) is 54.0 Å². The van der Waals surface area contributed by atoms with E-state index in [1.807, 2.05) is 31.2 Å². The summed E-state index contributed by atoms with van der Waals surface area (Å²) in [6, 6.07) is 20.0. The highest BCUT2D eigenvalue weighted by Gasteiger charge is 2.35. The van der Waals surface area contributed by atoms with Crippen LogP contribution in [-0.2, 0) is 4.79 Å². The second kappa shape index (κ2) is 12.0. The smallest absolute Gasteiger partial charge is 0.404 e. The number of hydrogen-bond donors (Lipinski definition) is 1. The molecule has 0 fully saturated rings. The Morgan fingerprint density at radius 1 is 1.00 bits per heavy atom. The van der Waals surface area contributed by atoms with Crippen LogP contribution in [0, 0.1) is 0 Å². The molecule has 0 saturated heterocycles. The molecular formula is C31H36F3N3O2. The number of alkyl halides is 3. The molecule has 1 heterocycles. The van der Waals surface area contributed by atoms with E-state index in [-0.39, 0.29) is 29.4 Å². The van der Waals surface area contributed by atoms with Crippen LogP contribution in [0.25, 0.3) is 11.1 Å². The Morgan fingerprint density at radius 3 is 2.36 bits per heavy atom. The number of para-hydroxylation sites is 2. The van der Waals surface area contributed by atoms with Crippen molar-refractivity contribution in [3.63, 3.8) is 0 Å². The highest BCUT2D eigenvalue weighted by molar-refractivity contribution is 5.94. The van der Waals surface area contributed by atoms with Crippen molar-refractivity contribution >= 4 is 23.0 Å². The van der Waals surface area contributed by atoms with Gasteiger partial charge in [0.05, 0.1) is 11.7 Å². The molecule has 0 aromatic heterocycles. The Kier molecular flexibility index (Phi) is 8.73. The van der Waals surface area contributed by atoms with Crippen LogP contribution in [0.4, 0.5) is 30.2 Å². The quantitative estimate of drug-likeness (QED) is 0.298. The van der Waals surface area contributed by atoms with Gasteiger partial charge in [0.1, 0.15) is 0 Å². The molecule has 0 spiro atoms. The maximum absolute atomic E-state index is 13.1. The van der Waals surface area contributed by atoms with Crippen LogP contribution >= 0.6 is 0 Å². The van der Waals surface area contributed by atoms with Crippen molar-refractivity contribution in [2.75, 3.05) is 28.2 Å². The number of benzene rings is 3. The van der Waals surface area contributed by atoms with E-state index in [1.165, 1.54) is 19.1 Å². The molecule has 1 N–H and O–H groups in total. The normalized spacial score (nSPS) is 16.9. The van der Waals surface area contributed by atoms with Crippen LogP contribution in [0.3, 0.4) is 0 Å². The third-order valence-corrected chi connectivity index (χ3v) is 6.99. The first-order valence-corrected chi connectivity index (χ1v) is 13.5. The van der Waals surface area contributed by atoms with Gasteiger partial charge in [-0.2, -0.15) is 0 Å². The first-order valence-electron chi connectivity index (χ1n) is 13.5. The van der Waals surface area contributed by atoms with Crippen LogP contribution in [-0.4, -0.2) is 31.4 Å². The Labute approximate surface area is 228 Å². The van der Waals surface area contributed by atoms with Gasteiger partial charge >= 0.3 is 6.36 Å². The zero-order valence-corrected chi connectivity index (χ0v) is 22.9. The summed E-state index contributed by atoms with van der Waals surface area (Å²) in [5, 5.41) is 3.29. The van der Waals surface area contributed by atoms with Gasteiger partial charge in [0.15, 0.2) is 5.75 Å². The average Bonchev–Trinajstić information content (AvgIpc) is 2.88. The number of amides is 1. The van der Waals surface area contributed by atoms with E-state index in [4.69, 9.17) is 0 Å². The minimum atomic E-state index is -4.80. The monoisotopic (exact) mass is 539 g/mol. The van der Waals surface area contributed by atoms with E-state index in [9.17, 15) is 18.0 Å². The predicted molar refractivity (Wildman–Crippen MR) is 151 cm³/mol. The fourth-order valence-electron chi connectivity index (χ4n) is 5.44. The number of carbonyl (C=O) groups excluding carboxylic acids is 1. The minimum Gasteiger partial charge on any atom is -0.404 e. The Balaban J connectivity index is 1.75. The summed E-state index contributed by atoms with van der Waals surface area (Å²) in [4.78, 5) is 16.7. The van der Waals surface area contributed by atoms with Crippen LogP contribution in [0.15, 0.2) is 66.7 Å². The number of anilines is 3. The Hall–Kier alpha value is -3.68. The first kappa shape index (κ1) is 28.3. The van der Waals surface area contributed by atoms with E-state index in [1.54, 1.807) is 17.0 Å². The van der Waals surface area contributed by atoms with E-state index in [0.29, 0.717) is 6.42 Å². The van der Waals surface area contributed by atoms with Crippen molar-refractivity contribution in [1.29, 1.82) is 0 Å². The van der Waals surface area contributed by atoms with Gasteiger partial charge in [-0.1, -0.05) is 44.2 Å². The minimum absolute atomic E-state index is 0.0764. The van der Waals surface area contributed by atoms with Crippen molar-refractivity contribution in [3.05, 3.63) is 72.3 Å². The molecule has 39 heavy (non-hydrogen) atoms. The number of carbonyl (C=O) groups is 1. The molecule has 208 valence electrons. The van der Waals surface area contributed by atoms with Crippen LogP contribution in [0.5, 0.6) is 5.75 Å². The third-order valence-electron chi connectivity index (χ3n) is 6.99. The van der Waals surface area contributed by atoms with E-state index >= 15 is 0 Å². The summed E-state index contributed by atoms with van der Waals surface area (Å²) in [6.07, 6.45) is -2.18. The van der Waals surface area contributed by atoms with Gasteiger partial charge in [-0.15, -0.1) is 13.2 Å². The summed E-state index contributed by atoms with van der Waals surface area (Å²) in [5.41, 5.74) is 5.03. The van der Waals surface area contributed by atoms with Crippen LogP contribution in [0.2, 0.25) is 0 Å². The fraction of sp³-hybridized carbons (Fsp3) is 0.387. The lowest BCUT2D eigenvalue weighted by Crippen LogP contribution is -2.43. The van der Waals surface area contributed by atoms with Crippen LogP contribution < -0.4 is 19.9 Å². The zero-order chi connectivity index (χ0) is 28.2. The molecule has 3 aromatic rings. The highest BCUT2D eigenvalue weighted by Crippen LogP contribution is 2.43.